The van der Waals surface area contributed by atoms with Crippen LogP contribution in [0.5, 0.6) is 0 Å². The average Bonchev–Trinajstić information content (AvgIpc) is 3.23. The van der Waals surface area contributed by atoms with Crippen molar-refractivity contribution in [3.8, 4) is 22.3 Å². The van der Waals surface area contributed by atoms with E-state index in [2.05, 4.69) is 24.5 Å². The Bertz CT molecular complexity index is 1430. The van der Waals surface area contributed by atoms with Crippen molar-refractivity contribution in [3.05, 3.63) is 83.4 Å². The molecule has 0 atom stereocenters. The van der Waals surface area contributed by atoms with Crippen molar-refractivity contribution in [2.45, 2.75) is 142 Å². The summed E-state index contributed by atoms with van der Waals surface area (Å²) in [5.74, 6) is -1.38. The molecule has 0 aromatic heterocycles. The van der Waals surface area contributed by atoms with Crippen LogP contribution in [0.4, 0.5) is 0 Å². The van der Waals surface area contributed by atoms with Crippen LogP contribution in [0.25, 0.3) is 22.3 Å². The second-order valence-corrected chi connectivity index (χ2v) is 15.4. The smallest absolute Gasteiger partial charge is 0.335 e. The third-order valence-corrected chi connectivity index (χ3v) is 10.5. The van der Waals surface area contributed by atoms with Crippen molar-refractivity contribution in [2.24, 2.45) is 0 Å². The van der Waals surface area contributed by atoms with Gasteiger partial charge >= 0.3 is 5.97 Å². The number of benzene rings is 3. The molecule has 0 heterocycles. The second-order valence-electron chi connectivity index (χ2n) is 15.4. The molecule has 8 heteroatoms. The largest absolute Gasteiger partial charge is 0.478 e. The Hall–Kier alpha value is -4.01. The first-order valence-electron chi connectivity index (χ1n) is 22.2. The van der Waals surface area contributed by atoms with Crippen LogP contribution in [0.3, 0.4) is 0 Å². The van der Waals surface area contributed by atoms with Gasteiger partial charge in [0.15, 0.2) is 0 Å². The highest BCUT2D eigenvalue weighted by Gasteiger charge is 2.13. The minimum atomic E-state index is -1.03. The molecule has 2 amide bonds. The summed E-state index contributed by atoms with van der Waals surface area (Å²) in [5, 5.41) is 15.7. The van der Waals surface area contributed by atoms with E-state index in [0.29, 0.717) is 50.6 Å². The molecule has 3 aromatic rings. The van der Waals surface area contributed by atoms with E-state index in [9.17, 15) is 19.5 Å². The van der Waals surface area contributed by atoms with Crippen LogP contribution in [0.2, 0.25) is 0 Å². The van der Waals surface area contributed by atoms with Crippen LogP contribution < -0.4 is 10.6 Å². The molecule has 57 heavy (non-hydrogen) atoms. The zero-order chi connectivity index (χ0) is 40.8. The normalized spacial score (nSPS) is 11.1. The summed E-state index contributed by atoms with van der Waals surface area (Å²) in [5.41, 5.74) is 4.23. The fourth-order valence-corrected chi connectivity index (χ4v) is 6.98. The number of hydrogen-bond acceptors (Lipinski definition) is 5. The van der Waals surface area contributed by atoms with Gasteiger partial charge in [0.05, 0.1) is 18.8 Å². The minimum absolute atomic E-state index is 0.154. The number of unbranched alkanes of at least 4 members (excludes halogenated alkanes) is 18. The van der Waals surface area contributed by atoms with Crippen molar-refractivity contribution in [2.75, 3.05) is 39.5 Å². The molecule has 0 saturated heterocycles. The van der Waals surface area contributed by atoms with Gasteiger partial charge in [-0.05, 0) is 77.6 Å². The Morgan fingerprint density at radius 3 is 1.09 bits per heavy atom. The Labute approximate surface area is 343 Å². The van der Waals surface area contributed by atoms with E-state index in [1.807, 2.05) is 30.3 Å². The number of carbonyl (C=O) groups is 3. The maximum atomic E-state index is 12.8. The lowest BCUT2D eigenvalue weighted by atomic mass is 9.95. The van der Waals surface area contributed by atoms with Gasteiger partial charge in [-0.3, -0.25) is 9.59 Å². The number of carbonyl (C=O) groups excluding carboxylic acids is 2. The van der Waals surface area contributed by atoms with E-state index in [1.165, 1.54) is 116 Å². The third kappa shape index (κ3) is 20.3. The van der Waals surface area contributed by atoms with Crippen molar-refractivity contribution < 1.29 is 29.0 Å². The molecule has 0 bridgehead atoms. The maximum absolute atomic E-state index is 12.8. The number of ether oxygens (including phenoxy) is 2. The molecule has 0 saturated carbocycles. The highest BCUT2D eigenvalue weighted by molar-refractivity contribution is 5.96. The number of nitrogens with one attached hydrogen (secondary N) is 2. The zero-order valence-corrected chi connectivity index (χ0v) is 35.2. The summed E-state index contributed by atoms with van der Waals surface area (Å²) in [6.45, 7) is 7.77. The van der Waals surface area contributed by atoms with E-state index < -0.39 is 5.97 Å². The fourth-order valence-electron chi connectivity index (χ4n) is 6.98. The molecule has 0 radical (unpaired) electrons. The monoisotopic (exact) mass is 785 g/mol. The number of carboxylic acids is 1. The molecule has 3 rings (SSSR count). The Morgan fingerprint density at radius 2 is 0.754 bits per heavy atom. The Balaban J connectivity index is 1.37. The number of hydrogen-bond donors (Lipinski definition) is 3. The summed E-state index contributed by atoms with van der Waals surface area (Å²) < 4.78 is 11.5. The van der Waals surface area contributed by atoms with Crippen molar-refractivity contribution in [3.63, 3.8) is 0 Å². The van der Waals surface area contributed by atoms with Gasteiger partial charge in [0, 0.05) is 37.4 Å². The lowest BCUT2D eigenvalue weighted by molar-refractivity contribution is 0.0696. The van der Waals surface area contributed by atoms with Gasteiger partial charge < -0.3 is 25.2 Å². The summed E-state index contributed by atoms with van der Waals surface area (Å²) >= 11 is 0. The number of carboxylic acid groups (broad SMARTS) is 1. The molecule has 0 aliphatic carbocycles. The van der Waals surface area contributed by atoms with E-state index in [-0.39, 0.29) is 17.4 Å². The summed E-state index contributed by atoms with van der Waals surface area (Å²) in [6, 6.07) is 19.5. The average molecular weight is 785 g/mol. The number of rotatable bonds is 33. The van der Waals surface area contributed by atoms with Gasteiger partial charge in [0.1, 0.15) is 0 Å². The van der Waals surface area contributed by atoms with E-state index in [4.69, 9.17) is 9.47 Å². The van der Waals surface area contributed by atoms with Gasteiger partial charge in [0.25, 0.3) is 11.8 Å². The van der Waals surface area contributed by atoms with Gasteiger partial charge in [-0.2, -0.15) is 0 Å². The van der Waals surface area contributed by atoms with E-state index in [0.717, 1.165) is 35.1 Å². The highest BCUT2D eigenvalue weighted by Crippen LogP contribution is 2.29. The Kier molecular flexibility index (Phi) is 25.0. The lowest BCUT2D eigenvalue weighted by Gasteiger charge is -2.11. The molecule has 3 aromatic carbocycles. The second kappa shape index (κ2) is 30.1. The standard InChI is InChI=1S/C49H72N2O6/c1-3-5-7-9-11-13-15-17-19-21-33-56-35-31-50-47(52)42-27-23-40(24-28-42)44-37-45(39-46(38-44)49(54)55)41-25-29-43(30-26-41)48(53)51-32-36-57-34-22-20-18-16-14-12-10-8-6-4-2/h23-30,37-39H,3-22,31-36H2,1-2H3,(H,50,52)(H,51,53)(H,54,55). The topological polar surface area (TPSA) is 114 Å². The van der Waals surface area contributed by atoms with Crippen LogP contribution in [0, 0.1) is 0 Å². The predicted molar refractivity (Wildman–Crippen MR) is 234 cm³/mol. The zero-order valence-electron chi connectivity index (χ0n) is 35.2. The van der Waals surface area contributed by atoms with Crippen molar-refractivity contribution in [1.29, 1.82) is 0 Å². The van der Waals surface area contributed by atoms with Gasteiger partial charge in [0.2, 0.25) is 0 Å². The van der Waals surface area contributed by atoms with E-state index in [1.54, 1.807) is 36.4 Å². The molecule has 0 aliphatic rings. The SMILES string of the molecule is CCCCCCCCCCCCOCCNC(=O)c1ccc(-c2cc(C(=O)O)cc(-c3ccc(C(=O)NCCOCCCCCCCCCCCC)cc3)c2)cc1. The van der Waals surface area contributed by atoms with Crippen molar-refractivity contribution >= 4 is 17.8 Å². The number of aromatic carboxylic acids is 1. The molecule has 314 valence electrons. The van der Waals surface area contributed by atoms with Gasteiger partial charge in [-0.25, -0.2) is 4.79 Å². The summed E-state index contributed by atoms with van der Waals surface area (Å²) in [4.78, 5) is 37.6. The van der Waals surface area contributed by atoms with Crippen LogP contribution in [-0.2, 0) is 9.47 Å². The molecule has 0 aliphatic heterocycles. The number of amides is 2. The third-order valence-electron chi connectivity index (χ3n) is 10.5. The molecule has 0 spiro atoms. The van der Waals surface area contributed by atoms with Gasteiger partial charge in [-0.15, -0.1) is 0 Å². The lowest BCUT2D eigenvalue weighted by Crippen LogP contribution is -2.27. The fraction of sp³-hybridized carbons (Fsp3) is 0.571. The van der Waals surface area contributed by atoms with Crippen LogP contribution in [0.1, 0.15) is 173 Å². The molecular formula is C49H72N2O6. The predicted octanol–water partition coefficient (Wildman–Crippen LogP) is 12.1. The first-order valence-corrected chi connectivity index (χ1v) is 22.2. The molecule has 0 fully saturated rings. The first kappa shape index (κ1) is 47.4. The molecule has 0 unspecified atom stereocenters. The molecule has 8 nitrogen and oxygen atoms in total. The Morgan fingerprint density at radius 1 is 0.421 bits per heavy atom. The first-order chi connectivity index (χ1) is 27.9. The highest BCUT2D eigenvalue weighted by atomic mass is 16.5. The van der Waals surface area contributed by atoms with Crippen LogP contribution in [-0.4, -0.2) is 62.4 Å². The van der Waals surface area contributed by atoms with E-state index >= 15 is 0 Å². The summed E-state index contributed by atoms with van der Waals surface area (Å²) in [6.07, 6.45) is 25.8. The molecular weight excluding hydrogens is 713 g/mol. The maximum Gasteiger partial charge on any atom is 0.335 e. The van der Waals surface area contributed by atoms with Crippen molar-refractivity contribution in [1.82, 2.24) is 10.6 Å². The molecule has 3 N–H and O–H groups in total. The van der Waals surface area contributed by atoms with Crippen LogP contribution in [0.15, 0.2) is 66.7 Å². The quantitative estimate of drug-likeness (QED) is 0.0530. The van der Waals surface area contributed by atoms with Crippen LogP contribution >= 0.6 is 0 Å². The van der Waals surface area contributed by atoms with Gasteiger partial charge in [-0.1, -0.05) is 154 Å². The summed E-state index contributed by atoms with van der Waals surface area (Å²) in [7, 11) is 0. The minimum Gasteiger partial charge on any atom is -0.478 e.